The van der Waals surface area contributed by atoms with E-state index in [-0.39, 0.29) is 12.5 Å². The number of hydrogen-bond donors (Lipinski definition) is 1. The molecule has 1 fully saturated rings. The number of methoxy groups -OCH3 is 2. The molecule has 0 unspecified atom stereocenters. The number of amides is 1. The van der Waals surface area contributed by atoms with E-state index in [9.17, 15) is 4.79 Å². The second-order valence-corrected chi connectivity index (χ2v) is 6.42. The maximum Gasteiger partial charge on any atom is 0.251 e. The first-order valence-corrected chi connectivity index (χ1v) is 9.41. The molecule has 1 N–H and O–H groups in total. The molecule has 0 aliphatic carbocycles. The van der Waals surface area contributed by atoms with Gasteiger partial charge in [-0.25, -0.2) is 4.98 Å². The predicted molar refractivity (Wildman–Crippen MR) is 107 cm³/mol. The number of ether oxygens (including phenoxy) is 4. The average Bonchev–Trinajstić information content (AvgIpc) is 2.76. The smallest absolute Gasteiger partial charge is 0.251 e. The zero-order valence-corrected chi connectivity index (χ0v) is 16.9. The number of rotatable bonds is 8. The van der Waals surface area contributed by atoms with Crippen LogP contribution in [-0.4, -0.2) is 69.5 Å². The topological polar surface area (TPSA) is 95.0 Å². The number of carbonyl (C=O) groups excluding carboxylic acids is 1. The molecule has 156 valence electrons. The van der Waals surface area contributed by atoms with Gasteiger partial charge in [-0.05, 0) is 19.1 Å². The highest BCUT2D eigenvalue weighted by atomic mass is 16.5. The number of morpholine rings is 1. The van der Waals surface area contributed by atoms with Crippen molar-refractivity contribution in [2.45, 2.75) is 6.92 Å². The van der Waals surface area contributed by atoms with Gasteiger partial charge in [0.15, 0.2) is 0 Å². The first kappa shape index (κ1) is 20.7. The standard InChI is InChI=1S/C20H26N4O5/c1-14-22-18(24-5-8-28-9-6-24)13-19(23-14)29-7-4-21-20(25)15-10-16(26-2)12-17(11-15)27-3/h10-13H,4-9H2,1-3H3,(H,21,25). The van der Waals surface area contributed by atoms with Crippen LogP contribution in [-0.2, 0) is 4.74 Å². The van der Waals surface area contributed by atoms with Crippen LogP contribution in [0.5, 0.6) is 17.4 Å². The number of carbonyl (C=O) groups is 1. The maximum absolute atomic E-state index is 12.4. The Bertz CT molecular complexity index is 817. The van der Waals surface area contributed by atoms with Gasteiger partial charge >= 0.3 is 0 Å². The van der Waals surface area contributed by atoms with Gasteiger partial charge in [-0.1, -0.05) is 0 Å². The second-order valence-electron chi connectivity index (χ2n) is 6.42. The van der Waals surface area contributed by atoms with Crippen molar-refractivity contribution in [2.24, 2.45) is 0 Å². The van der Waals surface area contributed by atoms with Crippen LogP contribution in [0.3, 0.4) is 0 Å². The Morgan fingerprint density at radius 2 is 1.79 bits per heavy atom. The summed E-state index contributed by atoms with van der Waals surface area (Å²) in [7, 11) is 3.08. The molecule has 0 spiro atoms. The highest BCUT2D eigenvalue weighted by Crippen LogP contribution is 2.22. The third-order valence-electron chi connectivity index (χ3n) is 4.39. The van der Waals surface area contributed by atoms with Gasteiger partial charge in [0.05, 0.1) is 34.0 Å². The van der Waals surface area contributed by atoms with Gasteiger partial charge < -0.3 is 29.2 Å². The zero-order valence-electron chi connectivity index (χ0n) is 16.9. The molecule has 0 saturated carbocycles. The van der Waals surface area contributed by atoms with E-state index in [1.54, 1.807) is 32.4 Å². The highest BCUT2D eigenvalue weighted by molar-refractivity contribution is 5.95. The van der Waals surface area contributed by atoms with E-state index < -0.39 is 0 Å². The quantitative estimate of drug-likeness (QED) is 0.663. The molecule has 1 aromatic carbocycles. The van der Waals surface area contributed by atoms with Crippen LogP contribution in [0.4, 0.5) is 5.82 Å². The molecule has 29 heavy (non-hydrogen) atoms. The Balaban J connectivity index is 1.54. The summed E-state index contributed by atoms with van der Waals surface area (Å²) in [4.78, 5) is 23.3. The number of benzene rings is 1. The highest BCUT2D eigenvalue weighted by Gasteiger charge is 2.15. The third-order valence-corrected chi connectivity index (χ3v) is 4.39. The van der Waals surface area contributed by atoms with Crippen LogP contribution in [0.1, 0.15) is 16.2 Å². The fraction of sp³-hybridized carbons (Fsp3) is 0.450. The summed E-state index contributed by atoms with van der Waals surface area (Å²) in [6, 6.07) is 6.83. The van der Waals surface area contributed by atoms with Gasteiger partial charge in [0.1, 0.15) is 29.7 Å². The van der Waals surface area contributed by atoms with Crippen molar-refractivity contribution in [2.75, 3.05) is 58.6 Å². The molecule has 1 saturated heterocycles. The maximum atomic E-state index is 12.4. The summed E-state index contributed by atoms with van der Waals surface area (Å²) in [5.74, 6) is 2.81. The molecule has 2 heterocycles. The summed E-state index contributed by atoms with van der Waals surface area (Å²) >= 11 is 0. The van der Waals surface area contributed by atoms with E-state index in [0.29, 0.717) is 48.5 Å². The first-order valence-electron chi connectivity index (χ1n) is 9.41. The van der Waals surface area contributed by atoms with E-state index in [4.69, 9.17) is 18.9 Å². The van der Waals surface area contributed by atoms with E-state index in [1.807, 2.05) is 13.0 Å². The fourth-order valence-electron chi connectivity index (χ4n) is 2.91. The van der Waals surface area contributed by atoms with Crippen LogP contribution in [0.25, 0.3) is 0 Å². The van der Waals surface area contributed by atoms with Crippen molar-refractivity contribution in [3.8, 4) is 17.4 Å². The molecule has 9 nitrogen and oxygen atoms in total. The van der Waals surface area contributed by atoms with Crippen LogP contribution in [0.15, 0.2) is 24.3 Å². The van der Waals surface area contributed by atoms with Crippen molar-refractivity contribution < 1.29 is 23.7 Å². The number of hydrogen-bond acceptors (Lipinski definition) is 8. The Kier molecular flexibility index (Phi) is 7.07. The van der Waals surface area contributed by atoms with Crippen LogP contribution >= 0.6 is 0 Å². The number of anilines is 1. The van der Waals surface area contributed by atoms with Crippen molar-refractivity contribution in [3.63, 3.8) is 0 Å². The lowest BCUT2D eigenvalue weighted by Gasteiger charge is -2.28. The molecular formula is C20H26N4O5. The Morgan fingerprint density at radius 1 is 1.10 bits per heavy atom. The number of nitrogens with zero attached hydrogens (tertiary/aromatic N) is 3. The van der Waals surface area contributed by atoms with Crippen molar-refractivity contribution in [1.82, 2.24) is 15.3 Å². The van der Waals surface area contributed by atoms with Crippen molar-refractivity contribution in [1.29, 1.82) is 0 Å². The molecule has 2 aromatic rings. The molecule has 9 heteroatoms. The van der Waals surface area contributed by atoms with Gasteiger partial charge in [-0.3, -0.25) is 4.79 Å². The van der Waals surface area contributed by atoms with Gasteiger partial charge in [0.25, 0.3) is 5.91 Å². The monoisotopic (exact) mass is 402 g/mol. The molecule has 1 amide bonds. The first-order chi connectivity index (χ1) is 14.1. The molecule has 0 bridgehead atoms. The second kappa shape index (κ2) is 9.92. The molecule has 1 aliphatic heterocycles. The molecule has 0 radical (unpaired) electrons. The Morgan fingerprint density at radius 3 is 2.45 bits per heavy atom. The minimum Gasteiger partial charge on any atom is -0.497 e. The van der Waals surface area contributed by atoms with Crippen molar-refractivity contribution >= 4 is 11.7 Å². The predicted octanol–water partition coefficient (Wildman–Crippen LogP) is 1.45. The number of aryl methyl sites for hydroxylation is 1. The SMILES string of the molecule is COc1cc(OC)cc(C(=O)NCCOc2cc(N3CCOCC3)nc(C)n2)c1. The lowest BCUT2D eigenvalue weighted by Crippen LogP contribution is -2.37. The minimum absolute atomic E-state index is 0.237. The summed E-state index contributed by atoms with van der Waals surface area (Å²) in [6.45, 7) is 5.38. The lowest BCUT2D eigenvalue weighted by atomic mass is 10.2. The summed E-state index contributed by atoms with van der Waals surface area (Å²) in [5.41, 5.74) is 0.452. The molecule has 1 aliphatic rings. The summed E-state index contributed by atoms with van der Waals surface area (Å²) in [5, 5.41) is 2.82. The van der Waals surface area contributed by atoms with Crippen molar-refractivity contribution in [3.05, 3.63) is 35.7 Å². The Hall–Kier alpha value is -3.07. The van der Waals surface area contributed by atoms with E-state index in [1.165, 1.54) is 0 Å². The van der Waals surface area contributed by atoms with Gasteiger partial charge in [0, 0.05) is 30.8 Å². The summed E-state index contributed by atoms with van der Waals surface area (Å²) < 4.78 is 21.5. The average molecular weight is 402 g/mol. The molecule has 3 rings (SSSR count). The number of aromatic nitrogens is 2. The van der Waals surface area contributed by atoms with Crippen LogP contribution in [0.2, 0.25) is 0 Å². The molecule has 1 aromatic heterocycles. The van der Waals surface area contributed by atoms with Crippen LogP contribution < -0.4 is 24.4 Å². The molecular weight excluding hydrogens is 376 g/mol. The van der Waals surface area contributed by atoms with Gasteiger partial charge in [-0.15, -0.1) is 0 Å². The fourth-order valence-corrected chi connectivity index (χ4v) is 2.91. The van der Waals surface area contributed by atoms with Gasteiger partial charge in [-0.2, -0.15) is 4.98 Å². The van der Waals surface area contributed by atoms with E-state index in [2.05, 4.69) is 20.2 Å². The number of nitrogens with one attached hydrogen (secondary N) is 1. The lowest BCUT2D eigenvalue weighted by molar-refractivity contribution is 0.0946. The van der Waals surface area contributed by atoms with Crippen LogP contribution in [0, 0.1) is 6.92 Å². The van der Waals surface area contributed by atoms with E-state index in [0.717, 1.165) is 18.9 Å². The largest absolute Gasteiger partial charge is 0.497 e. The molecule has 0 atom stereocenters. The minimum atomic E-state index is -0.237. The van der Waals surface area contributed by atoms with Gasteiger partial charge in [0.2, 0.25) is 5.88 Å². The third kappa shape index (κ3) is 5.71. The summed E-state index contributed by atoms with van der Waals surface area (Å²) in [6.07, 6.45) is 0. The zero-order chi connectivity index (χ0) is 20.6. The Labute approximate surface area is 169 Å². The normalized spacial score (nSPS) is 13.7. The van der Waals surface area contributed by atoms with E-state index >= 15 is 0 Å².